The number of hydrogen-bond acceptors (Lipinski definition) is 11. The van der Waals surface area contributed by atoms with Crippen LogP contribution in [0.1, 0.15) is 163 Å². The molecule has 22 nitrogen and oxygen atoms in total. The zero-order valence-electron chi connectivity index (χ0n) is 55.7. The van der Waals surface area contributed by atoms with E-state index >= 15 is 9.59 Å². The van der Waals surface area contributed by atoms with Crippen molar-refractivity contribution in [3.63, 3.8) is 0 Å². The standard InChI is InChI=1S/C62H111N11O11/c1-25-27-28-41(15)33-47-55(77)65-44(26-2)58(80)67(18)34-50(74)68(19)45(29-35(3)4)56(78)66-51(39(11)12)61(83)69(20)46(30-36(5)6)54(76)63-42(16)53(75)64-43(17)57(79)71(22)48(31-37(7)8)59(81)72(23)49(32-38(9)10)60(82)73(24)52(40(13)14)62(84)70(47)21/h25,27,35-49,51-52H,26,28-34H2,1-24H3,(H,63,76)(H,64,75)(H,65,77)(H,66,78)/b27-25+/t41-,42+,43-,44?,45+,46-,47+,48+,49+,51+,52-/m1/s1. The van der Waals surface area contributed by atoms with Crippen molar-refractivity contribution < 1.29 is 52.7 Å². The van der Waals surface area contributed by atoms with Crippen molar-refractivity contribution in [2.75, 3.05) is 55.9 Å². The Bertz CT molecular complexity index is 2290. The lowest BCUT2D eigenvalue weighted by Gasteiger charge is -2.41. The third-order valence-corrected chi connectivity index (χ3v) is 15.9. The van der Waals surface area contributed by atoms with E-state index < -0.39 is 144 Å². The molecule has 0 radical (unpaired) electrons. The molecule has 0 aromatic heterocycles. The van der Waals surface area contributed by atoms with Gasteiger partial charge in [-0.15, -0.1) is 0 Å². The minimum atomic E-state index is -1.21. The number of carbonyl (C=O) groups is 11. The van der Waals surface area contributed by atoms with Gasteiger partial charge in [-0.1, -0.05) is 109 Å². The first kappa shape index (κ1) is 75.9. The largest absolute Gasteiger partial charge is 0.343 e. The van der Waals surface area contributed by atoms with Gasteiger partial charge in [0.05, 0.1) is 6.54 Å². The van der Waals surface area contributed by atoms with E-state index in [2.05, 4.69) is 21.3 Å². The molecule has 0 bridgehead atoms. The predicted octanol–water partition coefficient (Wildman–Crippen LogP) is 4.30. The lowest BCUT2D eigenvalue weighted by Crippen LogP contribution is -2.61. The fourth-order valence-electron chi connectivity index (χ4n) is 10.6. The summed E-state index contributed by atoms with van der Waals surface area (Å²) in [7, 11) is 10.3. The highest BCUT2D eigenvalue weighted by molar-refractivity contribution is 5.99. The number of likely N-dealkylation sites (N-methyl/N-ethyl adjacent to an activating group) is 7. The maximum atomic E-state index is 15.1. The summed E-state index contributed by atoms with van der Waals surface area (Å²) < 4.78 is 0. The smallest absolute Gasteiger partial charge is 0.246 e. The Morgan fingerprint density at radius 1 is 0.429 bits per heavy atom. The van der Waals surface area contributed by atoms with Crippen molar-refractivity contribution in [2.45, 2.75) is 223 Å². The van der Waals surface area contributed by atoms with Gasteiger partial charge in [-0.25, -0.2) is 0 Å². The maximum absolute atomic E-state index is 15.1. The van der Waals surface area contributed by atoms with Crippen molar-refractivity contribution in [1.82, 2.24) is 55.6 Å². The van der Waals surface area contributed by atoms with Gasteiger partial charge in [-0.3, -0.25) is 52.7 Å². The summed E-state index contributed by atoms with van der Waals surface area (Å²) in [5.74, 6) is -8.30. The first-order chi connectivity index (χ1) is 38.8. The summed E-state index contributed by atoms with van der Waals surface area (Å²) >= 11 is 0. The second-order valence-corrected chi connectivity index (χ2v) is 26.0. The summed E-state index contributed by atoms with van der Waals surface area (Å²) in [4.78, 5) is 169. The summed E-state index contributed by atoms with van der Waals surface area (Å²) in [5, 5.41) is 11.1. The van der Waals surface area contributed by atoms with Crippen LogP contribution in [0.3, 0.4) is 0 Å². The fraction of sp³-hybridized carbons (Fsp3) is 0.790. The van der Waals surface area contributed by atoms with Gasteiger partial charge in [0.2, 0.25) is 65.0 Å². The van der Waals surface area contributed by atoms with Crippen molar-refractivity contribution in [1.29, 1.82) is 0 Å². The van der Waals surface area contributed by atoms with Gasteiger partial charge < -0.3 is 55.6 Å². The Kier molecular flexibility index (Phi) is 31.4. The van der Waals surface area contributed by atoms with Crippen LogP contribution < -0.4 is 21.3 Å². The van der Waals surface area contributed by atoms with Crippen molar-refractivity contribution >= 4 is 65.0 Å². The van der Waals surface area contributed by atoms with Crippen LogP contribution in [0.25, 0.3) is 0 Å². The Morgan fingerprint density at radius 2 is 0.821 bits per heavy atom. The molecule has 0 aliphatic carbocycles. The molecule has 11 atom stereocenters. The molecule has 1 fully saturated rings. The van der Waals surface area contributed by atoms with Crippen molar-refractivity contribution in [3.05, 3.63) is 12.2 Å². The second kappa shape index (κ2) is 34.8. The van der Waals surface area contributed by atoms with Gasteiger partial charge >= 0.3 is 0 Å². The van der Waals surface area contributed by atoms with Crippen molar-refractivity contribution in [3.8, 4) is 0 Å². The molecule has 480 valence electrons. The quantitative estimate of drug-likeness (QED) is 0.168. The molecular weight excluding hydrogens is 1070 g/mol. The van der Waals surface area contributed by atoms with E-state index in [1.165, 1.54) is 97.5 Å². The second-order valence-electron chi connectivity index (χ2n) is 26.0. The summed E-state index contributed by atoms with van der Waals surface area (Å²) in [5.41, 5.74) is 0. The molecule has 11 amide bonds. The zero-order valence-corrected chi connectivity index (χ0v) is 55.7. The number of hydrogen-bond donors (Lipinski definition) is 4. The van der Waals surface area contributed by atoms with Crippen LogP contribution in [0.15, 0.2) is 12.2 Å². The van der Waals surface area contributed by atoms with E-state index in [0.717, 1.165) is 0 Å². The molecule has 0 aromatic carbocycles. The SMILES string of the molecule is C/C=C/C[C@@H](C)C[C@H]1C(=O)NC(CC)C(=O)N(C)CC(=O)N(C)[C@@H](CC(C)C)C(=O)N[C@@H](C(C)C)C(=O)N(C)[C@H](CC(C)C)C(=O)N[C@@H](C)C(=O)N[C@H](C)C(=O)N(C)[C@@H](CC(C)C)C(=O)N(C)[C@@H](CC(C)C)C(=O)N(C)[C@H](C(C)C)C(=O)N1C. The summed E-state index contributed by atoms with van der Waals surface area (Å²) in [6.07, 6.45) is 5.43. The first-order valence-corrected chi connectivity index (χ1v) is 30.5. The van der Waals surface area contributed by atoms with E-state index in [0.29, 0.717) is 6.42 Å². The van der Waals surface area contributed by atoms with E-state index in [1.54, 1.807) is 34.6 Å². The Balaban J connectivity index is 4.27. The van der Waals surface area contributed by atoms with Gasteiger partial charge in [0.25, 0.3) is 0 Å². The van der Waals surface area contributed by atoms with Gasteiger partial charge in [-0.2, -0.15) is 0 Å². The predicted molar refractivity (Wildman–Crippen MR) is 327 cm³/mol. The molecular formula is C62H111N11O11. The number of nitrogens with zero attached hydrogens (tertiary/aromatic N) is 7. The van der Waals surface area contributed by atoms with Crippen molar-refractivity contribution in [2.24, 2.45) is 41.4 Å². The minimum Gasteiger partial charge on any atom is -0.343 e. The third-order valence-electron chi connectivity index (χ3n) is 15.9. The fourth-order valence-corrected chi connectivity index (χ4v) is 10.6. The van der Waals surface area contributed by atoms with Crippen LogP contribution in [0.4, 0.5) is 0 Å². The van der Waals surface area contributed by atoms with Gasteiger partial charge in [-0.05, 0) is 107 Å². The lowest BCUT2D eigenvalue weighted by molar-refractivity contribution is -0.156. The monoisotopic (exact) mass is 1190 g/mol. The number of allylic oxidation sites excluding steroid dienone is 2. The first-order valence-electron chi connectivity index (χ1n) is 30.5. The number of carbonyl (C=O) groups excluding carboxylic acids is 11. The highest BCUT2D eigenvalue weighted by atomic mass is 16.2. The molecule has 84 heavy (non-hydrogen) atoms. The Hall–Kier alpha value is -6.09. The maximum Gasteiger partial charge on any atom is 0.246 e. The molecule has 1 saturated heterocycles. The lowest BCUT2D eigenvalue weighted by atomic mass is 9.93. The number of amides is 11. The molecule has 0 aromatic rings. The number of rotatable bonds is 15. The van der Waals surface area contributed by atoms with Crippen LogP contribution in [0.2, 0.25) is 0 Å². The Labute approximate surface area is 504 Å². The number of nitrogens with one attached hydrogen (secondary N) is 4. The summed E-state index contributed by atoms with van der Waals surface area (Å²) in [6, 6.07) is -11.4. The van der Waals surface area contributed by atoms with E-state index in [9.17, 15) is 43.2 Å². The van der Waals surface area contributed by atoms with E-state index in [-0.39, 0.29) is 68.1 Å². The summed E-state index contributed by atoms with van der Waals surface area (Å²) in [6.45, 7) is 30.1. The molecule has 4 N–H and O–H groups in total. The molecule has 1 rings (SSSR count). The van der Waals surface area contributed by atoms with Crippen LogP contribution in [0.5, 0.6) is 0 Å². The van der Waals surface area contributed by atoms with Gasteiger partial charge in [0.1, 0.15) is 60.4 Å². The highest BCUT2D eigenvalue weighted by Crippen LogP contribution is 2.25. The molecule has 1 aliphatic rings. The normalized spacial score (nSPS) is 26.7. The van der Waals surface area contributed by atoms with Gasteiger partial charge in [0.15, 0.2) is 0 Å². The molecule has 1 heterocycles. The average molecular weight is 1190 g/mol. The Morgan fingerprint density at radius 3 is 1.27 bits per heavy atom. The van der Waals surface area contributed by atoms with Crippen LogP contribution >= 0.6 is 0 Å². The average Bonchev–Trinajstić information content (AvgIpc) is 2.64. The molecule has 22 heteroatoms. The minimum absolute atomic E-state index is 0.110. The van der Waals surface area contributed by atoms with Crippen LogP contribution in [-0.2, 0) is 52.7 Å². The van der Waals surface area contributed by atoms with Gasteiger partial charge in [0, 0.05) is 49.3 Å². The zero-order chi connectivity index (χ0) is 65.1. The highest BCUT2D eigenvalue weighted by Gasteiger charge is 2.44. The molecule has 0 spiro atoms. The third kappa shape index (κ3) is 21.8. The molecule has 0 saturated carbocycles. The van der Waals surface area contributed by atoms with Crippen LogP contribution in [-0.4, -0.2) is 216 Å². The van der Waals surface area contributed by atoms with E-state index in [1.807, 2.05) is 81.4 Å². The molecule has 1 unspecified atom stereocenters. The molecule has 1 aliphatic heterocycles. The topological polar surface area (TPSA) is 259 Å². The van der Waals surface area contributed by atoms with E-state index in [4.69, 9.17) is 0 Å². The van der Waals surface area contributed by atoms with Crippen LogP contribution in [0, 0.1) is 41.4 Å².